The Hall–Kier alpha value is -0.670. The number of nitrogens with zero attached hydrogens (tertiary/aromatic N) is 1. The summed E-state index contributed by atoms with van der Waals surface area (Å²) in [7, 11) is 0. The highest BCUT2D eigenvalue weighted by Crippen LogP contribution is 2.00. The predicted octanol–water partition coefficient (Wildman–Crippen LogP) is 3.30. The summed E-state index contributed by atoms with van der Waals surface area (Å²) in [6.45, 7) is 13.1. The average molecular weight is 250 g/mol. The fraction of sp³-hybridized carbons (Fsp3) is 0.917. The van der Waals surface area contributed by atoms with E-state index in [9.17, 15) is 0 Å². The van der Waals surface area contributed by atoms with E-state index in [2.05, 4.69) is 4.85 Å². The van der Waals surface area contributed by atoms with Crippen LogP contribution in [-0.4, -0.2) is 31.5 Å². The largest absolute Gasteiger partial charge is 0.294 e. The Bertz CT molecular complexity index is 189. The van der Waals surface area contributed by atoms with Crippen molar-refractivity contribution in [2.75, 3.05) is 13.2 Å². The Kier molecular flexibility index (Phi) is 17.0. The van der Waals surface area contributed by atoms with Gasteiger partial charge in [-0.25, -0.2) is 19.6 Å². The maximum Gasteiger partial charge on any atom is 0.294 e. The van der Waals surface area contributed by atoms with Gasteiger partial charge < -0.3 is 0 Å². The van der Waals surface area contributed by atoms with Crippen molar-refractivity contribution in [3.63, 3.8) is 0 Å². The summed E-state index contributed by atoms with van der Waals surface area (Å²) < 4.78 is 0. The molecule has 0 amide bonds. The van der Waals surface area contributed by atoms with Crippen LogP contribution in [0.1, 0.15) is 42.5 Å². The normalized spacial score (nSPS) is 11.6. The van der Waals surface area contributed by atoms with Gasteiger partial charge in [0.25, 0.3) is 13.1 Å². The van der Waals surface area contributed by atoms with Crippen molar-refractivity contribution in [1.29, 1.82) is 0 Å². The standard InChI is InChI=1S/C10H20NO4.2CH4/c1-8(2)13-12-7-10(6-11-5)15-14-9(3)4;;/h5,8-10H,6-7H2,1-4H3;2*1H4/q+1;;. The lowest BCUT2D eigenvalue weighted by atomic mass is 10.4. The Labute approximate surface area is 106 Å². The molecule has 0 saturated heterocycles. The van der Waals surface area contributed by atoms with Gasteiger partial charge in [0, 0.05) is 0 Å². The first-order chi connectivity index (χ1) is 7.06. The van der Waals surface area contributed by atoms with Gasteiger partial charge >= 0.3 is 0 Å². The molecule has 0 saturated carbocycles. The molecule has 5 heteroatoms. The molecule has 0 aliphatic carbocycles. The van der Waals surface area contributed by atoms with Gasteiger partial charge in [-0.3, -0.25) is 0 Å². The molecule has 0 N–H and O–H groups in total. The smallest absolute Gasteiger partial charge is 0.234 e. The molecule has 0 aliphatic rings. The van der Waals surface area contributed by atoms with E-state index in [4.69, 9.17) is 26.1 Å². The summed E-state index contributed by atoms with van der Waals surface area (Å²) in [6.07, 6.45) is -0.362. The molecule has 0 aromatic carbocycles. The van der Waals surface area contributed by atoms with Crippen molar-refractivity contribution in [2.24, 2.45) is 0 Å². The SMILES string of the molecule is C.C.C#[N+]CC(COOC(C)C)OOC(C)C. The van der Waals surface area contributed by atoms with Crippen LogP contribution in [0.3, 0.4) is 0 Å². The van der Waals surface area contributed by atoms with Crippen molar-refractivity contribution in [2.45, 2.75) is 60.9 Å². The van der Waals surface area contributed by atoms with E-state index in [1.165, 1.54) is 0 Å². The van der Waals surface area contributed by atoms with Gasteiger partial charge in [-0.1, -0.05) is 19.7 Å². The molecule has 0 aliphatic heterocycles. The van der Waals surface area contributed by atoms with E-state index in [0.29, 0.717) is 6.54 Å². The van der Waals surface area contributed by atoms with E-state index < -0.39 is 0 Å². The monoisotopic (exact) mass is 250 g/mol. The summed E-state index contributed by atoms with van der Waals surface area (Å²) in [4.78, 5) is 23.3. The van der Waals surface area contributed by atoms with Crippen LogP contribution in [0.2, 0.25) is 0 Å². The zero-order valence-corrected chi connectivity index (χ0v) is 9.80. The zero-order chi connectivity index (χ0) is 11.7. The second kappa shape index (κ2) is 13.4. The maximum atomic E-state index is 5.06. The minimum atomic E-state index is -0.351. The Morgan fingerprint density at radius 3 is 1.88 bits per heavy atom. The fourth-order valence-corrected chi connectivity index (χ4v) is 0.669. The molecule has 0 aromatic heterocycles. The number of rotatable bonds is 8. The van der Waals surface area contributed by atoms with Crippen molar-refractivity contribution in [3.8, 4) is 6.57 Å². The van der Waals surface area contributed by atoms with E-state index in [0.717, 1.165) is 0 Å². The summed E-state index contributed by atoms with van der Waals surface area (Å²) in [5, 5.41) is 0. The molecule has 0 rings (SSSR count). The second-order valence-electron chi connectivity index (χ2n) is 3.66. The third-order valence-corrected chi connectivity index (χ3v) is 1.21. The molecule has 5 nitrogen and oxygen atoms in total. The topological polar surface area (TPSA) is 41.3 Å². The Balaban J connectivity index is -0.000000980. The number of hydrogen-bond donors (Lipinski definition) is 0. The highest BCUT2D eigenvalue weighted by molar-refractivity contribution is 4.72. The fourth-order valence-electron chi connectivity index (χ4n) is 0.669. The molecule has 0 fully saturated rings. The molecular formula is C12H28NO4+. The first-order valence-electron chi connectivity index (χ1n) is 5.03. The average Bonchev–Trinajstić information content (AvgIpc) is 2.13. The van der Waals surface area contributed by atoms with E-state index in [-0.39, 0.29) is 39.8 Å². The van der Waals surface area contributed by atoms with Crippen LogP contribution >= 0.6 is 0 Å². The molecule has 1 atom stereocenters. The van der Waals surface area contributed by atoms with E-state index >= 15 is 0 Å². The molecule has 0 heterocycles. The van der Waals surface area contributed by atoms with Crippen molar-refractivity contribution < 1.29 is 19.6 Å². The Morgan fingerprint density at radius 2 is 1.47 bits per heavy atom. The van der Waals surface area contributed by atoms with Crippen LogP contribution in [0.4, 0.5) is 0 Å². The highest BCUT2D eigenvalue weighted by atomic mass is 17.2. The summed E-state index contributed by atoms with van der Waals surface area (Å²) in [5.41, 5.74) is 0. The van der Waals surface area contributed by atoms with E-state index in [1.807, 2.05) is 27.7 Å². The number of hydrogen-bond acceptors (Lipinski definition) is 4. The highest BCUT2D eigenvalue weighted by Gasteiger charge is 2.17. The molecule has 104 valence electrons. The summed E-state index contributed by atoms with van der Waals surface area (Å²) in [5.74, 6) is 0. The third-order valence-electron chi connectivity index (χ3n) is 1.21. The molecular weight excluding hydrogens is 222 g/mol. The summed E-state index contributed by atoms with van der Waals surface area (Å²) in [6, 6.07) is 0. The minimum Gasteiger partial charge on any atom is -0.234 e. The Morgan fingerprint density at radius 1 is 0.941 bits per heavy atom. The van der Waals surface area contributed by atoms with Gasteiger partial charge in [0.1, 0.15) is 6.61 Å². The van der Waals surface area contributed by atoms with Crippen LogP contribution in [-0.2, 0) is 19.6 Å². The molecule has 1 unspecified atom stereocenters. The maximum absolute atomic E-state index is 5.06. The van der Waals surface area contributed by atoms with Crippen LogP contribution in [0.25, 0.3) is 4.85 Å². The van der Waals surface area contributed by atoms with E-state index in [1.54, 1.807) is 0 Å². The second-order valence-corrected chi connectivity index (χ2v) is 3.66. The van der Waals surface area contributed by atoms with Crippen LogP contribution in [0, 0.1) is 6.57 Å². The van der Waals surface area contributed by atoms with Crippen molar-refractivity contribution in [1.82, 2.24) is 0 Å². The van der Waals surface area contributed by atoms with Crippen molar-refractivity contribution >= 4 is 0 Å². The lowest BCUT2D eigenvalue weighted by Crippen LogP contribution is -2.25. The van der Waals surface area contributed by atoms with Crippen molar-refractivity contribution in [3.05, 3.63) is 4.85 Å². The van der Waals surface area contributed by atoms with Gasteiger partial charge in [-0.05, 0) is 27.7 Å². The van der Waals surface area contributed by atoms with Crippen LogP contribution in [0.5, 0.6) is 0 Å². The van der Waals surface area contributed by atoms with Gasteiger partial charge in [0.05, 0.1) is 12.2 Å². The summed E-state index contributed by atoms with van der Waals surface area (Å²) >= 11 is 0. The molecule has 0 spiro atoms. The lowest BCUT2D eigenvalue weighted by Gasteiger charge is -2.13. The quantitative estimate of drug-likeness (QED) is 0.489. The molecule has 0 radical (unpaired) electrons. The van der Waals surface area contributed by atoms with Crippen LogP contribution in [0.15, 0.2) is 0 Å². The third kappa shape index (κ3) is 15.3. The van der Waals surface area contributed by atoms with Gasteiger partial charge in [-0.15, -0.1) is 0 Å². The first-order valence-corrected chi connectivity index (χ1v) is 5.03. The molecule has 0 aromatic rings. The van der Waals surface area contributed by atoms with Crippen LogP contribution < -0.4 is 0 Å². The van der Waals surface area contributed by atoms with Gasteiger partial charge in [-0.2, -0.15) is 0 Å². The van der Waals surface area contributed by atoms with Gasteiger partial charge in [0.15, 0.2) is 6.10 Å². The first kappa shape index (κ1) is 21.6. The van der Waals surface area contributed by atoms with Gasteiger partial charge in [0.2, 0.25) is 0 Å². The molecule has 17 heavy (non-hydrogen) atoms. The molecule has 0 bridgehead atoms. The minimum absolute atomic E-state index is 0. The zero-order valence-electron chi connectivity index (χ0n) is 9.80. The predicted molar refractivity (Wildman–Crippen MR) is 69.9 cm³/mol. The lowest BCUT2D eigenvalue weighted by molar-refractivity contribution is -0.381.